The summed E-state index contributed by atoms with van der Waals surface area (Å²) in [5.41, 5.74) is -1.56. The van der Waals surface area contributed by atoms with Crippen LogP contribution in [-0.4, -0.2) is 53.0 Å². The highest BCUT2D eigenvalue weighted by Gasteiger charge is 2.50. The lowest BCUT2D eigenvalue weighted by Gasteiger charge is -2.39. The molecule has 0 saturated carbocycles. The summed E-state index contributed by atoms with van der Waals surface area (Å²) in [6.45, 7) is 3.89. The number of methoxy groups -OCH3 is 1. The van der Waals surface area contributed by atoms with Crippen LogP contribution in [0.1, 0.15) is 37.8 Å². The fraction of sp³-hybridized carbons (Fsp3) is 0.320. The monoisotopic (exact) mass is 576 g/mol. The van der Waals surface area contributed by atoms with Gasteiger partial charge in [0.05, 0.1) is 19.1 Å². The minimum Gasteiger partial charge on any atom is -0.506 e. The van der Waals surface area contributed by atoms with Gasteiger partial charge in [0.2, 0.25) is 10.0 Å². The molecule has 12 nitrogen and oxygen atoms in total. The molecule has 1 amide bonds. The van der Waals surface area contributed by atoms with Crippen molar-refractivity contribution in [1.29, 1.82) is 0 Å². The van der Waals surface area contributed by atoms with Crippen LogP contribution >= 0.6 is 0 Å². The molecule has 0 aromatic heterocycles. The Morgan fingerprint density at radius 2 is 1.90 bits per heavy atom. The number of Topliss-reactive ketones (excluding diaryl/α,β-unsaturated/α-hetero) is 1. The molecular formula is C25H28N4O8S2. The molecule has 1 heterocycles. The number of benzene rings is 2. The summed E-state index contributed by atoms with van der Waals surface area (Å²) in [6, 6.07) is 10.2. The van der Waals surface area contributed by atoms with Crippen LogP contribution in [0.2, 0.25) is 0 Å². The number of rotatable bonds is 7. The van der Waals surface area contributed by atoms with Crippen molar-refractivity contribution < 1.29 is 36.3 Å². The predicted molar refractivity (Wildman–Crippen MR) is 145 cm³/mol. The Labute approximate surface area is 226 Å². The third-order valence-electron chi connectivity index (χ3n) is 6.36. The molecule has 1 atom stereocenters. The first-order chi connectivity index (χ1) is 18.2. The lowest BCUT2D eigenvalue weighted by molar-refractivity contribution is -0.122. The van der Waals surface area contributed by atoms with E-state index in [2.05, 4.69) is 19.8 Å². The molecule has 4 rings (SSSR count). The zero-order valence-electron chi connectivity index (χ0n) is 21.6. The number of anilines is 2. The molecule has 0 fully saturated rings. The third kappa shape index (κ3) is 5.34. The zero-order valence-corrected chi connectivity index (χ0v) is 23.2. The average molecular weight is 577 g/mol. The molecule has 1 unspecified atom stereocenters. The van der Waals surface area contributed by atoms with Crippen molar-refractivity contribution in [1.82, 2.24) is 5.32 Å². The van der Waals surface area contributed by atoms with E-state index >= 15 is 0 Å². The van der Waals surface area contributed by atoms with E-state index in [1.807, 2.05) is 13.8 Å². The quantitative estimate of drug-likeness (QED) is 0.385. The summed E-state index contributed by atoms with van der Waals surface area (Å²) in [6.07, 6.45) is 0.661. The molecule has 4 N–H and O–H groups in total. The van der Waals surface area contributed by atoms with Gasteiger partial charge in [-0.1, -0.05) is 38.1 Å². The van der Waals surface area contributed by atoms with Crippen LogP contribution in [-0.2, 0) is 35.1 Å². The summed E-state index contributed by atoms with van der Waals surface area (Å²) < 4.78 is 60.4. The lowest BCUT2D eigenvalue weighted by Crippen LogP contribution is -2.55. The van der Waals surface area contributed by atoms with Gasteiger partial charge >= 0.3 is 6.09 Å². The van der Waals surface area contributed by atoms with E-state index in [9.17, 15) is 31.5 Å². The van der Waals surface area contributed by atoms with E-state index in [-0.39, 0.29) is 34.2 Å². The number of hydrogen-bond donors (Lipinski definition) is 4. The van der Waals surface area contributed by atoms with E-state index in [1.54, 1.807) is 24.3 Å². The number of alkyl carbamates (subject to hydrolysis) is 1. The molecule has 39 heavy (non-hydrogen) atoms. The maximum absolute atomic E-state index is 14.2. The zero-order chi connectivity index (χ0) is 28.8. The van der Waals surface area contributed by atoms with Gasteiger partial charge in [0.1, 0.15) is 21.8 Å². The second-order valence-corrected chi connectivity index (χ2v) is 13.0. The normalized spacial score (nSPS) is 19.9. The number of aliphatic hydroxyl groups is 1. The van der Waals surface area contributed by atoms with Crippen LogP contribution < -0.4 is 15.4 Å². The van der Waals surface area contributed by atoms with Gasteiger partial charge in [-0.2, -0.15) is 8.42 Å². The molecule has 0 radical (unpaired) electrons. The summed E-state index contributed by atoms with van der Waals surface area (Å²) >= 11 is 0. The minimum absolute atomic E-state index is 0.0000108. The van der Waals surface area contributed by atoms with Crippen molar-refractivity contribution in [2.24, 2.45) is 10.3 Å². The van der Waals surface area contributed by atoms with Gasteiger partial charge < -0.3 is 20.5 Å². The van der Waals surface area contributed by atoms with Crippen molar-refractivity contribution in [3.05, 3.63) is 59.2 Å². The predicted octanol–water partition coefficient (Wildman–Crippen LogP) is 3.11. The van der Waals surface area contributed by atoms with E-state index in [4.69, 9.17) is 4.74 Å². The highest BCUT2D eigenvalue weighted by Crippen LogP contribution is 2.43. The van der Waals surface area contributed by atoms with Crippen molar-refractivity contribution in [3.8, 4) is 0 Å². The average Bonchev–Trinajstić information content (AvgIpc) is 2.85. The number of nitrogens with zero attached hydrogens (tertiary/aromatic N) is 1. The van der Waals surface area contributed by atoms with Gasteiger partial charge in [0, 0.05) is 11.3 Å². The van der Waals surface area contributed by atoms with E-state index in [0.717, 1.165) is 19.4 Å². The van der Waals surface area contributed by atoms with Crippen molar-refractivity contribution in [2.45, 2.75) is 37.1 Å². The number of carbonyl (C=O) groups is 2. The van der Waals surface area contributed by atoms with Gasteiger partial charge in [-0.15, -0.1) is 4.40 Å². The van der Waals surface area contributed by atoms with Crippen LogP contribution in [0.3, 0.4) is 0 Å². The second kappa shape index (κ2) is 10.0. The Balaban J connectivity index is 1.90. The third-order valence-corrected chi connectivity index (χ3v) is 8.28. The van der Waals surface area contributed by atoms with Gasteiger partial charge in [-0.05, 0) is 42.5 Å². The van der Waals surface area contributed by atoms with E-state index in [1.165, 1.54) is 12.1 Å². The summed E-state index contributed by atoms with van der Waals surface area (Å²) in [4.78, 5) is 26.4. The Kier molecular flexibility index (Phi) is 7.21. The van der Waals surface area contributed by atoms with Crippen LogP contribution in [0.4, 0.5) is 16.2 Å². The Morgan fingerprint density at radius 1 is 1.21 bits per heavy atom. The number of aliphatic hydroxyl groups excluding tert-OH is 1. The molecule has 1 aliphatic carbocycles. The highest BCUT2D eigenvalue weighted by atomic mass is 32.2. The van der Waals surface area contributed by atoms with Crippen molar-refractivity contribution in [3.63, 3.8) is 0 Å². The molecule has 2 aromatic carbocycles. The standard InChI is InChI=1S/C25H28N4O8S2/c1-14(2)11-12-25(27-24(32)37-3)17-8-6-5-7-16(17)21(30)20(22(25)31)23-26-18-10-9-15(28-38(4,33)34)13-19(18)39(35,36)29-23/h5-10,13-14,28,30H,11-12H2,1-4H3,(H,26,29)(H,27,32). The molecule has 1 aliphatic heterocycles. The minimum atomic E-state index is -4.45. The number of carbonyl (C=O) groups excluding carboxylic acids is 2. The highest BCUT2D eigenvalue weighted by molar-refractivity contribution is 7.92. The molecule has 0 bridgehead atoms. The Hall–Kier alpha value is -3.91. The van der Waals surface area contributed by atoms with Crippen molar-refractivity contribution in [2.75, 3.05) is 23.4 Å². The summed E-state index contributed by atoms with van der Waals surface area (Å²) in [5.74, 6) is -1.59. The van der Waals surface area contributed by atoms with E-state index in [0.29, 0.717) is 12.0 Å². The number of ether oxygens (including phenoxy) is 1. The fourth-order valence-electron chi connectivity index (χ4n) is 4.57. The summed E-state index contributed by atoms with van der Waals surface area (Å²) in [7, 11) is -6.98. The topological polar surface area (TPSA) is 180 Å². The Morgan fingerprint density at radius 3 is 2.54 bits per heavy atom. The lowest BCUT2D eigenvalue weighted by atomic mass is 9.71. The molecule has 2 aliphatic rings. The fourth-order valence-corrected chi connectivity index (χ4v) is 6.27. The van der Waals surface area contributed by atoms with Crippen molar-refractivity contribution >= 4 is 54.9 Å². The van der Waals surface area contributed by atoms with Crippen LogP contribution in [0, 0.1) is 5.92 Å². The molecule has 2 aromatic rings. The number of amides is 1. The molecule has 0 saturated heterocycles. The molecular weight excluding hydrogens is 548 g/mol. The molecule has 0 spiro atoms. The first-order valence-electron chi connectivity index (χ1n) is 11.9. The van der Waals surface area contributed by atoms with Gasteiger partial charge in [0.25, 0.3) is 10.0 Å². The van der Waals surface area contributed by atoms with Crippen LogP contribution in [0.15, 0.2) is 57.3 Å². The molecule has 208 valence electrons. The number of sulfonamides is 2. The van der Waals surface area contributed by atoms with Gasteiger partial charge in [-0.3, -0.25) is 9.52 Å². The largest absolute Gasteiger partial charge is 0.506 e. The Bertz CT molecular complexity index is 1650. The first kappa shape index (κ1) is 28.1. The summed E-state index contributed by atoms with van der Waals surface area (Å²) in [5, 5.41) is 16.7. The maximum atomic E-state index is 14.2. The second-order valence-electron chi connectivity index (χ2n) is 9.68. The van der Waals surface area contributed by atoms with Crippen LogP contribution in [0.25, 0.3) is 5.76 Å². The first-order valence-corrected chi connectivity index (χ1v) is 15.2. The van der Waals surface area contributed by atoms with Gasteiger partial charge in [0.15, 0.2) is 11.6 Å². The van der Waals surface area contributed by atoms with Crippen LogP contribution in [0.5, 0.6) is 0 Å². The smallest absolute Gasteiger partial charge is 0.407 e. The number of hydrogen-bond acceptors (Lipinski definition) is 9. The molecule has 14 heteroatoms. The number of ketones is 1. The number of fused-ring (bicyclic) bond motifs is 2. The maximum Gasteiger partial charge on any atom is 0.407 e. The van der Waals surface area contributed by atoms with E-state index < -0.39 is 54.6 Å². The van der Waals surface area contributed by atoms with Gasteiger partial charge in [-0.25, -0.2) is 13.2 Å². The number of nitrogens with one attached hydrogen (secondary N) is 3. The number of amidine groups is 1. The SMILES string of the molecule is COC(=O)NC1(CCC(C)C)C(=O)C(C2=NS(=O)(=O)c3cc(NS(C)(=O)=O)ccc3N2)=C(O)c2ccccc21.